The molecule has 0 aromatic heterocycles. The molecule has 0 aliphatic heterocycles. The van der Waals surface area contributed by atoms with Crippen LogP contribution in [0.3, 0.4) is 0 Å². The van der Waals surface area contributed by atoms with Gasteiger partial charge in [-0.3, -0.25) is 10.9 Å². The van der Waals surface area contributed by atoms with E-state index in [0.717, 1.165) is 34.3 Å². The predicted octanol–water partition coefficient (Wildman–Crippen LogP) is 7.92. The van der Waals surface area contributed by atoms with Crippen molar-refractivity contribution >= 4 is 68.0 Å². The Morgan fingerprint density at radius 1 is 0.613 bits per heavy atom. The van der Waals surface area contributed by atoms with Crippen molar-refractivity contribution in [2.75, 3.05) is 12.5 Å². The SMILES string of the molecule is CCCCC(CCCC)=NNC(=S)SC.CCCCC(CCCC)=NNC(=S)SC.[Pd]. The van der Waals surface area contributed by atoms with Crippen LogP contribution in [0.15, 0.2) is 10.2 Å². The number of hydrogen-bond donors (Lipinski definition) is 2. The van der Waals surface area contributed by atoms with Crippen molar-refractivity contribution in [3.63, 3.8) is 0 Å². The molecule has 0 saturated heterocycles. The zero-order chi connectivity index (χ0) is 23.0. The number of thioether (sulfide) groups is 2. The van der Waals surface area contributed by atoms with Crippen molar-refractivity contribution in [2.45, 2.75) is 105 Å². The Labute approximate surface area is 225 Å². The van der Waals surface area contributed by atoms with Gasteiger partial charge >= 0.3 is 0 Å². The Morgan fingerprint density at radius 2 is 0.871 bits per heavy atom. The topological polar surface area (TPSA) is 48.8 Å². The first-order chi connectivity index (χ1) is 14.5. The van der Waals surface area contributed by atoms with E-state index in [1.54, 1.807) is 0 Å². The van der Waals surface area contributed by atoms with Gasteiger partial charge in [0.2, 0.25) is 0 Å². The summed E-state index contributed by atoms with van der Waals surface area (Å²) < 4.78 is 1.50. The first-order valence-electron chi connectivity index (χ1n) is 11.3. The number of hydrogen-bond acceptors (Lipinski definition) is 6. The van der Waals surface area contributed by atoms with Crippen LogP contribution >= 0.6 is 48.0 Å². The molecular formula is C22H44N4PdS4. The van der Waals surface area contributed by atoms with Gasteiger partial charge in [0.05, 0.1) is 0 Å². The average molecular weight is 599 g/mol. The molecule has 0 amide bonds. The summed E-state index contributed by atoms with van der Waals surface area (Å²) in [5, 5.41) is 8.75. The fourth-order valence-electron chi connectivity index (χ4n) is 2.34. The van der Waals surface area contributed by atoms with Gasteiger partial charge in [-0.15, -0.1) is 0 Å². The molecule has 0 radical (unpaired) electrons. The monoisotopic (exact) mass is 598 g/mol. The maximum Gasteiger partial charge on any atom is 0.153 e. The summed E-state index contributed by atoms with van der Waals surface area (Å²) in [5.74, 6) is 0. The zero-order valence-electron chi connectivity index (χ0n) is 20.3. The second-order valence-electron chi connectivity index (χ2n) is 6.98. The second kappa shape index (κ2) is 28.5. The smallest absolute Gasteiger partial charge is 0.153 e. The van der Waals surface area contributed by atoms with Gasteiger partial charge in [0.25, 0.3) is 0 Å². The first-order valence-corrected chi connectivity index (χ1v) is 14.5. The molecule has 0 aromatic rings. The standard InChI is InChI=1S/2C11H22N2S2.Pd/c2*1-4-6-8-10(9-7-5-2)12-13-11(14)15-3;/h2*4-9H2,1-3H3,(H,13,14);. The van der Waals surface area contributed by atoms with Crippen LogP contribution in [-0.4, -0.2) is 32.6 Å². The van der Waals surface area contributed by atoms with Crippen LogP contribution in [0.1, 0.15) is 105 Å². The molecule has 0 heterocycles. The van der Waals surface area contributed by atoms with Crippen molar-refractivity contribution in [2.24, 2.45) is 10.2 Å². The second-order valence-corrected chi connectivity index (χ2v) is 9.94. The third-order valence-corrected chi connectivity index (χ3v) is 6.36. The van der Waals surface area contributed by atoms with Crippen LogP contribution in [0.2, 0.25) is 0 Å². The molecule has 186 valence electrons. The molecule has 0 bridgehead atoms. The van der Waals surface area contributed by atoms with E-state index >= 15 is 0 Å². The summed E-state index contributed by atoms with van der Waals surface area (Å²) in [6.07, 6.45) is 18.1. The van der Waals surface area contributed by atoms with E-state index in [2.05, 4.69) is 48.7 Å². The fraction of sp³-hybridized carbons (Fsp3) is 0.818. The molecule has 0 rings (SSSR count). The van der Waals surface area contributed by atoms with Crippen molar-refractivity contribution in [1.29, 1.82) is 0 Å². The molecule has 2 N–H and O–H groups in total. The van der Waals surface area contributed by atoms with E-state index < -0.39 is 0 Å². The normalized spacial score (nSPS) is 9.48. The van der Waals surface area contributed by atoms with Gasteiger partial charge < -0.3 is 0 Å². The minimum absolute atomic E-state index is 0. The van der Waals surface area contributed by atoms with E-state index in [0.29, 0.717) is 0 Å². The minimum Gasteiger partial charge on any atom is -0.262 e. The Hall–Kier alpha value is 0.482. The van der Waals surface area contributed by atoms with Crippen LogP contribution in [-0.2, 0) is 20.4 Å². The molecule has 0 unspecified atom stereocenters. The molecule has 4 nitrogen and oxygen atoms in total. The maximum atomic E-state index is 5.04. The summed E-state index contributed by atoms with van der Waals surface area (Å²) in [7, 11) is 0. The Kier molecular flexibility index (Phi) is 33.2. The van der Waals surface area contributed by atoms with Gasteiger partial charge in [-0.05, 0) is 63.9 Å². The van der Waals surface area contributed by atoms with Gasteiger partial charge in [0.15, 0.2) is 8.64 Å². The Morgan fingerprint density at radius 3 is 1.06 bits per heavy atom. The fourth-order valence-corrected chi connectivity index (χ4v) is 2.70. The van der Waals surface area contributed by atoms with Gasteiger partial charge in [0, 0.05) is 31.8 Å². The van der Waals surface area contributed by atoms with Gasteiger partial charge in [0.1, 0.15) is 0 Å². The quantitative estimate of drug-likeness (QED) is 0.0916. The molecular weight excluding hydrogens is 555 g/mol. The molecule has 31 heavy (non-hydrogen) atoms. The van der Waals surface area contributed by atoms with Crippen molar-refractivity contribution in [3.8, 4) is 0 Å². The van der Waals surface area contributed by atoms with E-state index in [1.807, 2.05) is 12.5 Å². The third kappa shape index (κ3) is 26.6. The van der Waals surface area contributed by atoms with Crippen LogP contribution in [0.4, 0.5) is 0 Å². The van der Waals surface area contributed by atoms with Crippen LogP contribution in [0.5, 0.6) is 0 Å². The Balaban J connectivity index is -0.000000490. The van der Waals surface area contributed by atoms with Crippen molar-refractivity contribution in [3.05, 3.63) is 0 Å². The van der Waals surface area contributed by atoms with Crippen LogP contribution < -0.4 is 10.9 Å². The van der Waals surface area contributed by atoms with E-state index in [-0.39, 0.29) is 20.4 Å². The molecule has 0 atom stereocenters. The summed E-state index contributed by atoms with van der Waals surface area (Å²) in [4.78, 5) is 0. The molecule has 0 spiro atoms. The zero-order valence-corrected chi connectivity index (χ0v) is 25.1. The predicted molar refractivity (Wildman–Crippen MR) is 151 cm³/mol. The summed E-state index contributed by atoms with van der Waals surface area (Å²) in [6.45, 7) is 8.82. The van der Waals surface area contributed by atoms with Crippen LogP contribution in [0, 0.1) is 0 Å². The molecule has 0 aliphatic carbocycles. The van der Waals surface area contributed by atoms with E-state index in [4.69, 9.17) is 24.4 Å². The Bertz CT molecular complexity index is 436. The summed E-state index contributed by atoms with van der Waals surface area (Å²) >= 11 is 13.1. The summed E-state index contributed by atoms with van der Waals surface area (Å²) in [6, 6.07) is 0. The number of nitrogens with zero attached hydrogens (tertiary/aromatic N) is 2. The summed E-state index contributed by atoms with van der Waals surface area (Å²) in [5.41, 5.74) is 8.38. The molecule has 0 aliphatic rings. The van der Waals surface area contributed by atoms with Crippen molar-refractivity contribution in [1.82, 2.24) is 10.9 Å². The molecule has 0 aromatic carbocycles. The van der Waals surface area contributed by atoms with Gasteiger partial charge in [-0.1, -0.05) is 101 Å². The molecule has 9 heteroatoms. The maximum absolute atomic E-state index is 5.04. The average Bonchev–Trinajstić information content (AvgIpc) is 2.77. The number of nitrogens with one attached hydrogen (secondary N) is 2. The van der Waals surface area contributed by atoms with E-state index in [1.165, 1.54) is 86.3 Å². The minimum atomic E-state index is 0. The van der Waals surface area contributed by atoms with Crippen molar-refractivity contribution < 1.29 is 20.4 Å². The number of thiocarbonyl (C=S) groups is 2. The van der Waals surface area contributed by atoms with Gasteiger partial charge in [-0.25, -0.2) is 0 Å². The van der Waals surface area contributed by atoms with Crippen LogP contribution in [0.25, 0.3) is 0 Å². The first kappa shape index (κ1) is 36.1. The molecule has 0 fully saturated rings. The molecule has 0 saturated carbocycles. The number of rotatable bonds is 14. The largest absolute Gasteiger partial charge is 0.262 e. The van der Waals surface area contributed by atoms with Gasteiger partial charge in [-0.2, -0.15) is 10.2 Å². The number of unbranched alkanes of at least 4 members (excludes halogenated alkanes) is 4. The van der Waals surface area contributed by atoms with E-state index in [9.17, 15) is 0 Å². The number of hydrazone groups is 2. The third-order valence-electron chi connectivity index (χ3n) is 4.26.